The minimum atomic E-state index is -4.04. The predicted octanol–water partition coefficient (Wildman–Crippen LogP) is 0.366. The zero-order valence-electron chi connectivity index (χ0n) is 12.5. The van der Waals surface area contributed by atoms with Crippen LogP contribution in [0, 0.1) is 5.92 Å². The summed E-state index contributed by atoms with van der Waals surface area (Å²) in [5.41, 5.74) is -1.65. The van der Waals surface area contributed by atoms with E-state index in [1.54, 1.807) is 0 Å². The summed E-state index contributed by atoms with van der Waals surface area (Å²) in [6, 6.07) is 0. The fraction of sp³-hybridized carbons (Fsp3) is 0.727. The van der Waals surface area contributed by atoms with Crippen molar-refractivity contribution in [2.24, 2.45) is 5.92 Å². The van der Waals surface area contributed by atoms with Crippen LogP contribution in [0.5, 0.6) is 0 Å². The Kier molecular flexibility index (Phi) is 8.16. The topological polar surface area (TPSA) is 114 Å². The number of methoxy groups -OCH3 is 3. The molecule has 9 nitrogen and oxygen atoms in total. The van der Waals surface area contributed by atoms with Gasteiger partial charge in [-0.3, -0.25) is 18.9 Å². The second-order valence-electron chi connectivity index (χ2n) is 3.78. The van der Waals surface area contributed by atoms with Crippen molar-refractivity contribution < 1.29 is 42.2 Å². The van der Waals surface area contributed by atoms with Crippen molar-refractivity contribution in [2.75, 3.05) is 35.5 Å². The lowest BCUT2D eigenvalue weighted by molar-refractivity contribution is -0.156. The quantitative estimate of drug-likeness (QED) is 0.354. The fourth-order valence-electron chi connectivity index (χ4n) is 1.67. The first-order chi connectivity index (χ1) is 9.80. The molecule has 21 heavy (non-hydrogen) atoms. The lowest BCUT2D eigenvalue weighted by atomic mass is 10.0. The molecule has 0 spiro atoms. The van der Waals surface area contributed by atoms with Crippen LogP contribution < -0.4 is 0 Å². The summed E-state index contributed by atoms with van der Waals surface area (Å²) in [5.74, 6) is -4.19. The van der Waals surface area contributed by atoms with Crippen LogP contribution in [0.4, 0.5) is 0 Å². The van der Waals surface area contributed by atoms with Crippen molar-refractivity contribution in [3.63, 3.8) is 0 Å². The van der Waals surface area contributed by atoms with E-state index in [0.29, 0.717) is 0 Å². The molecule has 0 heterocycles. The van der Waals surface area contributed by atoms with Crippen molar-refractivity contribution in [1.82, 2.24) is 0 Å². The van der Waals surface area contributed by atoms with Crippen molar-refractivity contribution in [3.8, 4) is 0 Å². The van der Waals surface area contributed by atoms with Gasteiger partial charge in [0.25, 0.3) is 0 Å². The Bertz CT molecular complexity index is 425. The van der Waals surface area contributed by atoms with Gasteiger partial charge in [0.05, 0.1) is 33.7 Å². The molecule has 0 fully saturated rings. The molecule has 0 aromatic carbocycles. The molecule has 0 aromatic heterocycles. The van der Waals surface area contributed by atoms with E-state index in [-0.39, 0.29) is 0 Å². The number of ether oxygens (including phenoxy) is 3. The largest absolute Gasteiger partial charge is 0.469 e. The molecule has 2 unspecified atom stereocenters. The molecule has 0 amide bonds. The summed E-state index contributed by atoms with van der Waals surface area (Å²) < 4.78 is 35.5. The van der Waals surface area contributed by atoms with Gasteiger partial charge in [0.15, 0.2) is 5.66 Å². The lowest BCUT2D eigenvalue weighted by Gasteiger charge is -2.27. The number of carbonyl (C=O) groups excluding carboxylic acids is 3. The Morgan fingerprint density at radius 2 is 1.33 bits per heavy atom. The maximum absolute atomic E-state index is 12.5. The van der Waals surface area contributed by atoms with Crippen molar-refractivity contribution in [3.05, 3.63) is 0 Å². The van der Waals surface area contributed by atoms with Crippen LogP contribution in [-0.4, -0.2) is 59.1 Å². The molecule has 0 aliphatic rings. The summed E-state index contributed by atoms with van der Waals surface area (Å²) in [6.45, 7) is 0. The second kappa shape index (κ2) is 8.76. The van der Waals surface area contributed by atoms with Crippen molar-refractivity contribution in [2.45, 2.75) is 12.1 Å². The summed E-state index contributed by atoms with van der Waals surface area (Å²) in [6.07, 6.45) is -0.542. The third kappa shape index (κ3) is 4.80. The number of rotatable bonds is 8. The van der Waals surface area contributed by atoms with E-state index in [4.69, 9.17) is 9.05 Å². The first kappa shape index (κ1) is 19.6. The summed E-state index contributed by atoms with van der Waals surface area (Å²) in [4.78, 5) is 35.1. The van der Waals surface area contributed by atoms with Crippen LogP contribution >= 0.6 is 7.60 Å². The first-order valence-electron chi connectivity index (χ1n) is 5.74. The second-order valence-corrected chi connectivity index (χ2v) is 6.15. The van der Waals surface area contributed by atoms with Gasteiger partial charge in [-0.1, -0.05) is 0 Å². The summed E-state index contributed by atoms with van der Waals surface area (Å²) in [5, 5.41) is 0. The van der Waals surface area contributed by atoms with E-state index < -0.39 is 43.5 Å². The minimum absolute atomic E-state index is 0.542. The maximum atomic E-state index is 12.5. The van der Waals surface area contributed by atoms with Gasteiger partial charge in [0, 0.05) is 14.2 Å². The summed E-state index contributed by atoms with van der Waals surface area (Å²) in [7, 11) is 1.27. The molecule has 0 aromatic rings. The monoisotopic (exact) mass is 326 g/mol. The van der Waals surface area contributed by atoms with Crippen LogP contribution in [-0.2, 0) is 42.2 Å². The van der Waals surface area contributed by atoms with E-state index in [1.165, 1.54) is 0 Å². The Morgan fingerprint density at radius 1 is 0.857 bits per heavy atom. The molecule has 0 saturated heterocycles. The highest BCUT2D eigenvalue weighted by Crippen LogP contribution is 2.55. The van der Waals surface area contributed by atoms with Gasteiger partial charge < -0.3 is 23.3 Å². The van der Waals surface area contributed by atoms with Gasteiger partial charge in [-0.2, -0.15) is 0 Å². The normalized spacial score (nSPS) is 14.0. The van der Waals surface area contributed by atoms with E-state index in [2.05, 4.69) is 14.2 Å². The standard InChI is InChI=1S/C11H19O9P/c1-16-8(12)6-7(10(13)17-2)9(11(14)18-3)21(15,19-4)20-5/h7,9H,6H2,1-5H3. The van der Waals surface area contributed by atoms with Gasteiger partial charge >= 0.3 is 25.5 Å². The molecule has 0 aliphatic heterocycles. The Balaban J connectivity index is 5.79. The maximum Gasteiger partial charge on any atom is 0.345 e. The average Bonchev–Trinajstić information content (AvgIpc) is 2.52. The highest BCUT2D eigenvalue weighted by molar-refractivity contribution is 7.55. The predicted molar refractivity (Wildman–Crippen MR) is 69.6 cm³/mol. The van der Waals surface area contributed by atoms with Crippen LogP contribution in [0.1, 0.15) is 6.42 Å². The third-order valence-corrected chi connectivity index (χ3v) is 5.06. The van der Waals surface area contributed by atoms with Crippen LogP contribution in [0.3, 0.4) is 0 Å². The van der Waals surface area contributed by atoms with E-state index in [1.807, 2.05) is 0 Å². The Labute approximate surface area is 122 Å². The van der Waals surface area contributed by atoms with Gasteiger partial charge in [-0.15, -0.1) is 0 Å². The molecular weight excluding hydrogens is 307 g/mol. The number of esters is 3. The molecule has 0 rings (SSSR count). The van der Waals surface area contributed by atoms with Crippen LogP contribution in [0.25, 0.3) is 0 Å². The molecule has 0 bridgehead atoms. The Morgan fingerprint density at radius 3 is 1.67 bits per heavy atom. The van der Waals surface area contributed by atoms with E-state index in [0.717, 1.165) is 35.5 Å². The molecule has 0 radical (unpaired) electrons. The first-order valence-corrected chi connectivity index (χ1v) is 7.36. The lowest BCUT2D eigenvalue weighted by Crippen LogP contribution is -2.38. The molecule has 2 atom stereocenters. The van der Waals surface area contributed by atoms with E-state index in [9.17, 15) is 18.9 Å². The van der Waals surface area contributed by atoms with Crippen LogP contribution in [0.15, 0.2) is 0 Å². The third-order valence-electron chi connectivity index (χ3n) is 2.79. The molecule has 10 heteroatoms. The van der Waals surface area contributed by atoms with Crippen molar-refractivity contribution >= 4 is 25.5 Å². The zero-order chi connectivity index (χ0) is 16.6. The molecule has 122 valence electrons. The van der Waals surface area contributed by atoms with Gasteiger partial charge in [0.1, 0.15) is 0 Å². The molecule has 0 N–H and O–H groups in total. The highest BCUT2D eigenvalue weighted by Gasteiger charge is 2.50. The summed E-state index contributed by atoms with van der Waals surface area (Å²) >= 11 is 0. The van der Waals surface area contributed by atoms with E-state index >= 15 is 0 Å². The van der Waals surface area contributed by atoms with Crippen molar-refractivity contribution in [1.29, 1.82) is 0 Å². The Hall–Kier alpha value is -1.44. The molecule has 0 saturated carbocycles. The molecule has 0 aliphatic carbocycles. The zero-order valence-corrected chi connectivity index (χ0v) is 13.4. The number of carbonyl (C=O) groups is 3. The highest BCUT2D eigenvalue weighted by atomic mass is 31.2. The smallest absolute Gasteiger partial charge is 0.345 e. The number of hydrogen-bond acceptors (Lipinski definition) is 9. The SMILES string of the molecule is COC(=O)CC(C(=O)OC)C(C(=O)OC)P(=O)(OC)OC. The van der Waals surface area contributed by atoms with Gasteiger partial charge in [-0.05, 0) is 0 Å². The van der Waals surface area contributed by atoms with Crippen LogP contribution in [0.2, 0.25) is 0 Å². The van der Waals surface area contributed by atoms with Gasteiger partial charge in [0.2, 0.25) is 0 Å². The minimum Gasteiger partial charge on any atom is -0.469 e. The average molecular weight is 326 g/mol. The van der Waals surface area contributed by atoms with Gasteiger partial charge in [-0.25, -0.2) is 0 Å². The number of hydrogen-bond donors (Lipinski definition) is 0. The molecular formula is C11H19O9P. The fourth-order valence-corrected chi connectivity index (χ4v) is 3.31.